The lowest BCUT2D eigenvalue weighted by atomic mass is 9.65. The summed E-state index contributed by atoms with van der Waals surface area (Å²) in [5.74, 6) is -0.811. The number of hydrogen-bond acceptors (Lipinski definition) is 7. The molecule has 4 rings (SSSR count). The van der Waals surface area contributed by atoms with E-state index >= 15 is 0 Å². The minimum absolute atomic E-state index is 0.163. The van der Waals surface area contributed by atoms with Crippen LogP contribution < -0.4 is 4.74 Å². The fourth-order valence-corrected chi connectivity index (χ4v) is 6.83. The zero-order valence-corrected chi connectivity index (χ0v) is 28.9. The number of nitrogens with zero attached hydrogens (tertiary/aromatic N) is 2. The van der Waals surface area contributed by atoms with Crippen LogP contribution in [0.1, 0.15) is 57.6 Å². The highest BCUT2D eigenvalue weighted by Crippen LogP contribution is 2.49. The lowest BCUT2D eigenvalue weighted by molar-refractivity contribution is -0.0844. The number of benzene rings is 2. The van der Waals surface area contributed by atoms with Crippen LogP contribution in [-0.4, -0.2) is 67.2 Å². The van der Waals surface area contributed by atoms with E-state index in [-0.39, 0.29) is 24.4 Å². The number of carbonyl (C=O) groups excluding carboxylic acids is 1. The van der Waals surface area contributed by atoms with E-state index in [1.165, 1.54) is 13.2 Å². The van der Waals surface area contributed by atoms with Crippen molar-refractivity contribution in [2.75, 3.05) is 26.5 Å². The maximum atomic E-state index is 13.3. The fraction of sp³-hybridized carbons (Fsp3) is 0.389. The third-order valence-electron chi connectivity index (χ3n) is 8.19. The molecule has 1 aromatic heterocycles. The summed E-state index contributed by atoms with van der Waals surface area (Å²) in [4.78, 5) is 19.8. The van der Waals surface area contributed by atoms with Crippen LogP contribution in [0, 0.1) is 5.92 Å². The molecule has 8 nitrogen and oxygen atoms in total. The molecule has 1 aliphatic heterocycles. The molecule has 0 spiro atoms. The summed E-state index contributed by atoms with van der Waals surface area (Å²) >= 11 is 6.31. The van der Waals surface area contributed by atoms with Gasteiger partial charge in [-0.05, 0) is 82.5 Å². The van der Waals surface area contributed by atoms with Crippen molar-refractivity contribution in [3.8, 4) is 5.88 Å². The Bertz CT molecular complexity index is 1760. The van der Waals surface area contributed by atoms with Crippen molar-refractivity contribution in [1.29, 1.82) is 0 Å². The van der Waals surface area contributed by atoms with Crippen molar-refractivity contribution in [2.24, 2.45) is 5.92 Å². The molecule has 10 heteroatoms. The number of aromatic nitrogens is 1. The van der Waals surface area contributed by atoms with Gasteiger partial charge in [-0.3, -0.25) is 0 Å². The summed E-state index contributed by atoms with van der Waals surface area (Å²) in [6.45, 7) is 11.7. The molecule has 2 heterocycles. The van der Waals surface area contributed by atoms with Gasteiger partial charge in [0.2, 0.25) is 5.88 Å². The first-order valence-electron chi connectivity index (χ1n) is 15.1. The lowest BCUT2D eigenvalue weighted by Gasteiger charge is -2.49. The number of methoxy groups -OCH3 is 1. The molecule has 0 radical (unpaired) electrons. The standard InChI is InChI=1S/C36H43ClN2O6S/c1-8-9-10-11-24(2)20-27-23-39(34(40)45-35(3,4)5)19-18-36(27,41)32(25-12-14-28(37)15-13-25)30-22-26-21-29(46(7,42)43)16-17-31(26)38-33(30)44-6/h8-17,21-22,27,32,41H,1,18-20,23H2,2-7H3/b10-9-,24-11+/t27-,32?,36?/m1/s1. The molecule has 3 atom stereocenters. The van der Waals surface area contributed by atoms with Gasteiger partial charge < -0.3 is 19.5 Å². The topological polar surface area (TPSA) is 106 Å². The molecular weight excluding hydrogens is 624 g/mol. The zero-order chi connectivity index (χ0) is 33.9. The van der Waals surface area contributed by atoms with Gasteiger partial charge in [0.1, 0.15) is 5.60 Å². The van der Waals surface area contributed by atoms with E-state index in [2.05, 4.69) is 6.58 Å². The van der Waals surface area contributed by atoms with Crippen LogP contribution in [0.3, 0.4) is 0 Å². The highest BCUT2D eigenvalue weighted by atomic mass is 35.5. The Hall–Kier alpha value is -3.66. The van der Waals surface area contributed by atoms with E-state index in [9.17, 15) is 18.3 Å². The van der Waals surface area contributed by atoms with Gasteiger partial charge in [0.25, 0.3) is 0 Å². The van der Waals surface area contributed by atoms with Crippen LogP contribution >= 0.6 is 11.6 Å². The van der Waals surface area contributed by atoms with Gasteiger partial charge in [0.15, 0.2) is 9.84 Å². The average Bonchev–Trinajstić information content (AvgIpc) is 2.97. The van der Waals surface area contributed by atoms with Gasteiger partial charge in [-0.25, -0.2) is 18.2 Å². The monoisotopic (exact) mass is 666 g/mol. The molecule has 0 aliphatic carbocycles. The van der Waals surface area contributed by atoms with E-state index < -0.39 is 39.0 Å². The Balaban J connectivity index is 1.93. The number of carbonyl (C=O) groups is 1. The van der Waals surface area contributed by atoms with Crippen LogP contribution in [0.25, 0.3) is 10.9 Å². The second-order valence-corrected chi connectivity index (χ2v) is 15.4. The molecule has 3 aromatic rings. The maximum absolute atomic E-state index is 13.3. The Kier molecular flexibility index (Phi) is 10.7. The molecule has 0 saturated carbocycles. The minimum Gasteiger partial charge on any atom is -0.481 e. The van der Waals surface area contributed by atoms with Crippen LogP contribution in [0.2, 0.25) is 5.02 Å². The number of likely N-dealkylation sites (tertiary alicyclic amines) is 1. The third-order valence-corrected chi connectivity index (χ3v) is 9.55. The smallest absolute Gasteiger partial charge is 0.410 e. The molecular formula is C36H43ClN2O6S. The van der Waals surface area contributed by atoms with Gasteiger partial charge in [0, 0.05) is 47.2 Å². The van der Waals surface area contributed by atoms with E-state index in [4.69, 9.17) is 26.1 Å². The van der Waals surface area contributed by atoms with Crippen molar-refractivity contribution in [3.63, 3.8) is 0 Å². The SMILES string of the molecule is C=C/C=C\C=C(/C)C[C@@H]1CN(C(=O)OC(C)(C)C)CCC1(O)C(c1ccc(Cl)cc1)c1cc2cc(S(C)(=O)=O)ccc2nc1OC. The van der Waals surface area contributed by atoms with Crippen molar-refractivity contribution < 1.29 is 27.8 Å². The first-order chi connectivity index (χ1) is 21.6. The number of sulfone groups is 1. The van der Waals surface area contributed by atoms with Crippen molar-refractivity contribution >= 4 is 38.4 Å². The number of ether oxygens (including phenoxy) is 2. The molecule has 1 saturated heterocycles. The molecule has 1 N–H and O–H groups in total. The Labute approximate surface area is 277 Å². The highest BCUT2D eigenvalue weighted by molar-refractivity contribution is 7.90. The molecule has 2 aromatic carbocycles. The summed E-state index contributed by atoms with van der Waals surface area (Å²) in [6.07, 6.45) is 8.81. The van der Waals surface area contributed by atoms with Gasteiger partial charge in [0.05, 0.1) is 23.1 Å². The number of halogens is 1. The predicted molar refractivity (Wildman–Crippen MR) is 183 cm³/mol. The number of piperidine rings is 1. The average molecular weight is 667 g/mol. The minimum atomic E-state index is -3.48. The van der Waals surface area contributed by atoms with Crippen LogP contribution in [0.5, 0.6) is 5.88 Å². The Morgan fingerprint density at radius 3 is 2.50 bits per heavy atom. The molecule has 46 heavy (non-hydrogen) atoms. The summed E-state index contributed by atoms with van der Waals surface area (Å²) in [5, 5.41) is 14.2. The van der Waals surface area contributed by atoms with Crippen molar-refractivity contribution in [2.45, 2.75) is 62.6 Å². The quantitative estimate of drug-likeness (QED) is 0.236. The number of hydrogen-bond donors (Lipinski definition) is 1. The summed E-state index contributed by atoms with van der Waals surface area (Å²) in [7, 11) is -1.96. The van der Waals surface area contributed by atoms with E-state index in [1.807, 2.05) is 64.1 Å². The van der Waals surface area contributed by atoms with Crippen LogP contribution in [0.4, 0.5) is 4.79 Å². The lowest BCUT2D eigenvalue weighted by Crippen LogP contribution is -2.57. The summed E-state index contributed by atoms with van der Waals surface area (Å²) in [6, 6.07) is 13.9. The number of rotatable bonds is 9. The second-order valence-electron chi connectivity index (χ2n) is 12.9. The number of allylic oxidation sites excluding steroid dienone is 5. The van der Waals surface area contributed by atoms with Gasteiger partial charge in [-0.1, -0.05) is 60.2 Å². The number of pyridine rings is 1. The van der Waals surface area contributed by atoms with E-state index in [1.54, 1.807) is 35.2 Å². The molecule has 1 aliphatic rings. The molecule has 0 bridgehead atoms. The van der Waals surface area contributed by atoms with E-state index in [0.29, 0.717) is 33.8 Å². The summed E-state index contributed by atoms with van der Waals surface area (Å²) < 4.78 is 36.4. The third kappa shape index (κ3) is 8.18. The zero-order valence-electron chi connectivity index (χ0n) is 27.3. The predicted octanol–water partition coefficient (Wildman–Crippen LogP) is 7.50. The Morgan fingerprint density at radius 1 is 1.20 bits per heavy atom. The first kappa shape index (κ1) is 35.2. The largest absolute Gasteiger partial charge is 0.481 e. The van der Waals surface area contributed by atoms with Crippen LogP contribution in [0.15, 0.2) is 89.9 Å². The maximum Gasteiger partial charge on any atom is 0.410 e. The summed E-state index contributed by atoms with van der Waals surface area (Å²) in [5.41, 5.74) is 0.847. The molecule has 2 unspecified atom stereocenters. The van der Waals surface area contributed by atoms with Gasteiger partial charge in [-0.2, -0.15) is 0 Å². The molecule has 246 valence electrons. The molecule has 1 fully saturated rings. The number of aliphatic hydroxyl groups is 1. The molecule has 1 amide bonds. The van der Waals surface area contributed by atoms with Crippen molar-refractivity contribution in [3.05, 3.63) is 101 Å². The van der Waals surface area contributed by atoms with Gasteiger partial charge >= 0.3 is 6.09 Å². The van der Waals surface area contributed by atoms with Crippen LogP contribution in [-0.2, 0) is 14.6 Å². The number of fused-ring (bicyclic) bond motifs is 1. The van der Waals surface area contributed by atoms with E-state index in [0.717, 1.165) is 17.4 Å². The normalized spacial score (nSPS) is 20.1. The fourth-order valence-electron chi connectivity index (χ4n) is 6.05. The highest BCUT2D eigenvalue weighted by Gasteiger charge is 2.50. The van der Waals surface area contributed by atoms with Gasteiger partial charge in [-0.15, -0.1) is 0 Å². The Morgan fingerprint density at radius 2 is 1.89 bits per heavy atom. The second kappa shape index (κ2) is 14.0. The van der Waals surface area contributed by atoms with Crippen molar-refractivity contribution in [1.82, 2.24) is 9.88 Å². The number of amides is 1. The first-order valence-corrected chi connectivity index (χ1v) is 17.4.